The number of aliphatic hydroxyl groups excluding tert-OH is 1. The minimum absolute atomic E-state index is 0.179. The summed E-state index contributed by atoms with van der Waals surface area (Å²) in [5.74, 6) is 0.607. The number of aliphatic hydroxyl groups is 1. The zero-order chi connectivity index (χ0) is 11.0. The normalized spacial score (nSPS) is 24.6. The Bertz CT molecular complexity index is 363. The Morgan fingerprint density at radius 3 is 2.93 bits per heavy atom. The van der Waals surface area contributed by atoms with Crippen molar-refractivity contribution in [2.45, 2.75) is 38.8 Å². The molecule has 0 saturated heterocycles. The molecule has 82 valence electrons. The van der Waals surface area contributed by atoms with E-state index in [2.05, 4.69) is 18.8 Å². The minimum Gasteiger partial charge on any atom is -0.387 e. The molecule has 3 heteroatoms. The summed E-state index contributed by atoms with van der Waals surface area (Å²) in [5.41, 5.74) is 8.78. The van der Waals surface area contributed by atoms with Crippen LogP contribution >= 0.6 is 0 Å². The van der Waals surface area contributed by atoms with E-state index in [-0.39, 0.29) is 6.04 Å². The number of nitrogens with zero attached hydrogens (tertiary/aromatic N) is 1. The Hall–Kier alpha value is -0.930. The zero-order valence-corrected chi connectivity index (χ0v) is 9.27. The molecule has 0 fully saturated rings. The van der Waals surface area contributed by atoms with E-state index in [1.165, 1.54) is 0 Å². The Labute approximate surface area is 90.3 Å². The van der Waals surface area contributed by atoms with Gasteiger partial charge in [0.2, 0.25) is 0 Å². The first kappa shape index (κ1) is 10.6. The van der Waals surface area contributed by atoms with Gasteiger partial charge in [-0.05, 0) is 18.4 Å². The van der Waals surface area contributed by atoms with Crippen LogP contribution in [0.1, 0.15) is 36.9 Å². The summed E-state index contributed by atoms with van der Waals surface area (Å²) in [6.07, 6.45) is 1.15. The molecule has 0 radical (unpaired) electrons. The number of hydrogen-bond acceptors (Lipinski definition) is 3. The van der Waals surface area contributed by atoms with Crippen molar-refractivity contribution < 1.29 is 5.11 Å². The predicted molar refractivity (Wildman–Crippen MR) is 59.4 cm³/mol. The second-order valence-corrected chi connectivity index (χ2v) is 4.75. The molecule has 1 aromatic rings. The van der Waals surface area contributed by atoms with Gasteiger partial charge in [0.15, 0.2) is 0 Å². The van der Waals surface area contributed by atoms with Crippen LogP contribution in [-0.4, -0.2) is 16.1 Å². The van der Waals surface area contributed by atoms with Gasteiger partial charge in [-0.25, -0.2) is 0 Å². The Balaban J connectivity index is 2.25. The van der Waals surface area contributed by atoms with Crippen LogP contribution in [-0.2, 0) is 12.8 Å². The summed E-state index contributed by atoms with van der Waals surface area (Å²) < 4.78 is 0. The van der Waals surface area contributed by atoms with Crippen molar-refractivity contribution in [1.82, 2.24) is 4.98 Å². The molecule has 1 aliphatic carbocycles. The van der Waals surface area contributed by atoms with Crippen LogP contribution in [0.3, 0.4) is 0 Å². The van der Waals surface area contributed by atoms with Crippen LogP contribution in [0.5, 0.6) is 0 Å². The average molecular weight is 206 g/mol. The highest BCUT2D eigenvalue weighted by molar-refractivity contribution is 5.32. The van der Waals surface area contributed by atoms with Crippen molar-refractivity contribution >= 4 is 0 Å². The summed E-state index contributed by atoms with van der Waals surface area (Å²) in [5, 5.41) is 9.76. The zero-order valence-electron chi connectivity index (χ0n) is 9.27. The standard InChI is InChI=1S/C12H18N2O/c1-7(2)5-8-3-4-9-11(14-8)6-10(13)12(9)15/h3-4,7,10,12,15H,5-6,13H2,1-2H3. The fourth-order valence-corrected chi connectivity index (χ4v) is 2.09. The highest BCUT2D eigenvalue weighted by Crippen LogP contribution is 2.29. The molecule has 0 aromatic carbocycles. The maximum atomic E-state index is 9.76. The van der Waals surface area contributed by atoms with Crippen LogP contribution in [0.4, 0.5) is 0 Å². The van der Waals surface area contributed by atoms with E-state index >= 15 is 0 Å². The van der Waals surface area contributed by atoms with Crippen molar-refractivity contribution in [3.63, 3.8) is 0 Å². The van der Waals surface area contributed by atoms with Crippen LogP contribution in [0.15, 0.2) is 12.1 Å². The largest absolute Gasteiger partial charge is 0.387 e. The van der Waals surface area contributed by atoms with Crippen molar-refractivity contribution in [3.05, 3.63) is 29.1 Å². The Morgan fingerprint density at radius 1 is 1.53 bits per heavy atom. The lowest BCUT2D eigenvalue weighted by atomic mass is 10.1. The predicted octanol–water partition coefficient (Wildman–Crippen LogP) is 1.20. The summed E-state index contributed by atoms with van der Waals surface area (Å²) in [4.78, 5) is 4.55. The summed E-state index contributed by atoms with van der Waals surface area (Å²) in [7, 11) is 0. The number of rotatable bonds is 2. The van der Waals surface area contributed by atoms with Crippen molar-refractivity contribution in [2.75, 3.05) is 0 Å². The molecule has 0 aliphatic heterocycles. The van der Waals surface area contributed by atoms with Crippen LogP contribution < -0.4 is 5.73 Å². The third-order valence-corrected chi connectivity index (χ3v) is 2.84. The third kappa shape index (κ3) is 2.03. The molecule has 1 heterocycles. The van der Waals surface area contributed by atoms with E-state index in [0.29, 0.717) is 12.3 Å². The van der Waals surface area contributed by atoms with E-state index in [0.717, 1.165) is 23.4 Å². The van der Waals surface area contributed by atoms with E-state index in [4.69, 9.17) is 5.73 Å². The van der Waals surface area contributed by atoms with Crippen molar-refractivity contribution in [1.29, 1.82) is 0 Å². The maximum Gasteiger partial charge on any atom is 0.0962 e. The smallest absolute Gasteiger partial charge is 0.0962 e. The molecule has 2 rings (SSSR count). The van der Waals surface area contributed by atoms with E-state index in [9.17, 15) is 5.11 Å². The lowest BCUT2D eigenvalue weighted by molar-refractivity contribution is 0.159. The second kappa shape index (κ2) is 3.91. The molecule has 3 N–H and O–H groups in total. The van der Waals surface area contributed by atoms with Crippen molar-refractivity contribution in [3.8, 4) is 0 Å². The first-order valence-electron chi connectivity index (χ1n) is 5.50. The fourth-order valence-electron chi connectivity index (χ4n) is 2.09. The fraction of sp³-hybridized carbons (Fsp3) is 0.583. The second-order valence-electron chi connectivity index (χ2n) is 4.75. The summed E-state index contributed by atoms with van der Waals surface area (Å²) >= 11 is 0. The minimum atomic E-state index is -0.527. The lowest BCUT2D eigenvalue weighted by Gasteiger charge is -2.08. The molecular formula is C12H18N2O. The molecule has 0 saturated carbocycles. The number of pyridine rings is 1. The van der Waals surface area contributed by atoms with Gasteiger partial charge in [-0.1, -0.05) is 19.9 Å². The van der Waals surface area contributed by atoms with Gasteiger partial charge in [0, 0.05) is 29.4 Å². The highest BCUT2D eigenvalue weighted by atomic mass is 16.3. The van der Waals surface area contributed by atoms with E-state index in [1.807, 2.05) is 12.1 Å². The quantitative estimate of drug-likeness (QED) is 0.764. The van der Waals surface area contributed by atoms with Gasteiger partial charge in [-0.2, -0.15) is 0 Å². The van der Waals surface area contributed by atoms with Gasteiger partial charge < -0.3 is 10.8 Å². The maximum absolute atomic E-state index is 9.76. The van der Waals surface area contributed by atoms with Crippen LogP contribution in [0.2, 0.25) is 0 Å². The van der Waals surface area contributed by atoms with Crippen molar-refractivity contribution in [2.24, 2.45) is 11.7 Å². The molecule has 3 nitrogen and oxygen atoms in total. The van der Waals surface area contributed by atoms with Gasteiger partial charge in [-0.3, -0.25) is 4.98 Å². The first-order chi connectivity index (χ1) is 7.08. The molecule has 0 bridgehead atoms. The van der Waals surface area contributed by atoms with E-state index < -0.39 is 6.10 Å². The van der Waals surface area contributed by atoms with Gasteiger partial charge in [0.05, 0.1) is 6.10 Å². The van der Waals surface area contributed by atoms with Crippen LogP contribution in [0.25, 0.3) is 0 Å². The molecule has 1 aromatic heterocycles. The van der Waals surface area contributed by atoms with Gasteiger partial charge >= 0.3 is 0 Å². The molecule has 2 atom stereocenters. The lowest BCUT2D eigenvalue weighted by Crippen LogP contribution is -2.24. The SMILES string of the molecule is CC(C)Cc1ccc2c(n1)CC(N)C2O. The van der Waals surface area contributed by atoms with Gasteiger partial charge in [0.25, 0.3) is 0 Å². The molecule has 2 unspecified atom stereocenters. The number of aromatic nitrogens is 1. The summed E-state index contributed by atoms with van der Waals surface area (Å²) in [6, 6.07) is 3.79. The highest BCUT2D eigenvalue weighted by Gasteiger charge is 2.29. The summed E-state index contributed by atoms with van der Waals surface area (Å²) in [6.45, 7) is 4.35. The number of hydrogen-bond donors (Lipinski definition) is 2. The molecule has 15 heavy (non-hydrogen) atoms. The Kier molecular flexibility index (Phi) is 2.76. The monoisotopic (exact) mass is 206 g/mol. The van der Waals surface area contributed by atoms with Gasteiger partial charge in [0.1, 0.15) is 0 Å². The molecule has 0 spiro atoms. The average Bonchev–Trinajstić information content (AvgIpc) is 2.41. The molecular weight excluding hydrogens is 188 g/mol. The number of fused-ring (bicyclic) bond motifs is 1. The number of nitrogens with two attached hydrogens (primary N) is 1. The van der Waals surface area contributed by atoms with Gasteiger partial charge in [-0.15, -0.1) is 0 Å². The third-order valence-electron chi connectivity index (χ3n) is 2.84. The topological polar surface area (TPSA) is 59.1 Å². The van der Waals surface area contributed by atoms with Crippen LogP contribution in [0, 0.1) is 5.92 Å². The van der Waals surface area contributed by atoms with E-state index in [1.54, 1.807) is 0 Å². The Morgan fingerprint density at radius 2 is 2.27 bits per heavy atom. The molecule has 0 amide bonds. The first-order valence-corrected chi connectivity index (χ1v) is 5.50. The molecule has 1 aliphatic rings.